The molecule has 2 fully saturated rings. The summed E-state index contributed by atoms with van der Waals surface area (Å²) < 4.78 is 13.3. The van der Waals surface area contributed by atoms with E-state index in [1.807, 2.05) is 0 Å². The van der Waals surface area contributed by atoms with E-state index < -0.39 is 17.9 Å². The van der Waals surface area contributed by atoms with Gasteiger partial charge in [0.25, 0.3) is 0 Å². The molecule has 1 aromatic rings. The summed E-state index contributed by atoms with van der Waals surface area (Å²) >= 11 is 0. The van der Waals surface area contributed by atoms with Crippen LogP contribution < -0.4 is 0 Å². The maximum absolute atomic E-state index is 13.3. The van der Waals surface area contributed by atoms with Gasteiger partial charge in [-0.2, -0.15) is 0 Å². The van der Waals surface area contributed by atoms with Gasteiger partial charge in [0.2, 0.25) is 5.91 Å². The van der Waals surface area contributed by atoms with Crippen LogP contribution in [0.1, 0.15) is 30.9 Å². The van der Waals surface area contributed by atoms with Crippen LogP contribution in [0.3, 0.4) is 0 Å². The van der Waals surface area contributed by atoms with Gasteiger partial charge in [-0.1, -0.05) is 12.1 Å². The highest BCUT2D eigenvalue weighted by Crippen LogP contribution is 2.38. The predicted molar refractivity (Wildman–Crippen MR) is 86.8 cm³/mol. The highest BCUT2D eigenvalue weighted by molar-refractivity contribution is 5.81. The summed E-state index contributed by atoms with van der Waals surface area (Å²) in [7, 11) is 2.05. The predicted octanol–water partition coefficient (Wildman–Crippen LogP) is 2.14. The molecule has 130 valence electrons. The van der Waals surface area contributed by atoms with Gasteiger partial charge in [0, 0.05) is 19.5 Å². The molecule has 3 rings (SSSR count). The lowest BCUT2D eigenvalue weighted by molar-refractivity contribution is -0.152. The number of piperidine rings is 1. The fraction of sp³-hybridized carbons (Fsp3) is 0.556. The zero-order valence-corrected chi connectivity index (χ0v) is 13.8. The largest absolute Gasteiger partial charge is 0.481 e. The first kappa shape index (κ1) is 16.9. The minimum Gasteiger partial charge on any atom is -0.481 e. The minimum atomic E-state index is -0.898. The van der Waals surface area contributed by atoms with Crippen LogP contribution in [0.5, 0.6) is 0 Å². The van der Waals surface area contributed by atoms with Crippen molar-refractivity contribution in [3.05, 3.63) is 35.6 Å². The second-order valence-corrected chi connectivity index (χ2v) is 6.94. The summed E-state index contributed by atoms with van der Waals surface area (Å²) in [5.74, 6) is -1.56. The molecule has 2 saturated heterocycles. The molecule has 5 nitrogen and oxygen atoms in total. The number of halogens is 1. The third-order valence-electron chi connectivity index (χ3n) is 5.18. The van der Waals surface area contributed by atoms with Gasteiger partial charge in [-0.05, 0) is 50.0 Å². The number of likely N-dealkylation sites (tertiary alicyclic amines) is 2. The maximum Gasteiger partial charge on any atom is 0.308 e. The van der Waals surface area contributed by atoms with E-state index in [0.717, 1.165) is 19.5 Å². The molecule has 0 bridgehead atoms. The molecule has 2 heterocycles. The summed E-state index contributed by atoms with van der Waals surface area (Å²) in [5.41, 5.74) is 0.697. The topological polar surface area (TPSA) is 60.9 Å². The molecule has 0 spiro atoms. The van der Waals surface area contributed by atoms with Crippen molar-refractivity contribution in [3.63, 3.8) is 0 Å². The Kier molecular flexibility index (Phi) is 4.85. The number of benzene rings is 1. The smallest absolute Gasteiger partial charge is 0.308 e. The van der Waals surface area contributed by atoms with E-state index in [9.17, 15) is 19.1 Å². The van der Waals surface area contributed by atoms with E-state index in [2.05, 4.69) is 11.9 Å². The molecule has 2 aliphatic rings. The SMILES string of the molecule is CN1CC[C@H](CN2C(=O)CC[C@@H](C(=O)O)[C@@H]2c2ccc(F)cc2)C1. The Morgan fingerprint density at radius 2 is 2.00 bits per heavy atom. The molecule has 1 aromatic carbocycles. The van der Waals surface area contributed by atoms with Crippen LogP contribution in [0.15, 0.2) is 24.3 Å². The highest BCUT2D eigenvalue weighted by atomic mass is 19.1. The number of rotatable bonds is 4. The Balaban J connectivity index is 1.89. The van der Waals surface area contributed by atoms with Crippen LogP contribution in [0.2, 0.25) is 0 Å². The lowest BCUT2D eigenvalue weighted by Gasteiger charge is -2.41. The van der Waals surface area contributed by atoms with Crippen molar-refractivity contribution in [1.29, 1.82) is 0 Å². The molecule has 6 heteroatoms. The summed E-state index contributed by atoms with van der Waals surface area (Å²) in [4.78, 5) is 28.2. The van der Waals surface area contributed by atoms with Crippen LogP contribution in [0, 0.1) is 17.7 Å². The average molecular weight is 334 g/mol. The van der Waals surface area contributed by atoms with Crippen molar-refractivity contribution in [2.24, 2.45) is 11.8 Å². The zero-order chi connectivity index (χ0) is 17.3. The second kappa shape index (κ2) is 6.89. The van der Waals surface area contributed by atoms with E-state index in [0.29, 0.717) is 24.4 Å². The van der Waals surface area contributed by atoms with Gasteiger partial charge in [0.15, 0.2) is 0 Å². The van der Waals surface area contributed by atoms with Crippen molar-refractivity contribution >= 4 is 11.9 Å². The summed E-state index contributed by atoms with van der Waals surface area (Å²) in [6.45, 7) is 2.48. The molecule has 0 aromatic heterocycles. The van der Waals surface area contributed by atoms with Crippen molar-refractivity contribution < 1.29 is 19.1 Å². The molecular weight excluding hydrogens is 311 g/mol. The van der Waals surface area contributed by atoms with Crippen molar-refractivity contribution in [2.45, 2.75) is 25.3 Å². The fourth-order valence-corrected chi connectivity index (χ4v) is 3.95. The number of nitrogens with zero attached hydrogens (tertiary/aromatic N) is 2. The monoisotopic (exact) mass is 334 g/mol. The number of carboxylic acid groups (broad SMARTS) is 1. The molecule has 1 N–H and O–H groups in total. The Bertz CT molecular complexity index is 619. The third-order valence-corrected chi connectivity index (χ3v) is 5.18. The standard InChI is InChI=1S/C18H23FN2O3/c1-20-9-8-12(10-20)11-21-16(22)7-6-15(18(23)24)17(21)13-2-4-14(19)5-3-13/h2-5,12,15,17H,6-11H2,1H3,(H,23,24)/t12-,15+,17-/m0/s1. The molecule has 0 saturated carbocycles. The van der Waals surface area contributed by atoms with Crippen LogP contribution in [0.4, 0.5) is 4.39 Å². The Morgan fingerprint density at radius 1 is 1.29 bits per heavy atom. The van der Waals surface area contributed by atoms with Crippen molar-refractivity contribution in [2.75, 3.05) is 26.7 Å². The molecule has 0 radical (unpaired) electrons. The first-order valence-corrected chi connectivity index (χ1v) is 8.42. The van der Waals surface area contributed by atoms with Gasteiger partial charge in [0.1, 0.15) is 5.82 Å². The van der Waals surface area contributed by atoms with Gasteiger partial charge in [-0.15, -0.1) is 0 Å². The molecule has 2 aliphatic heterocycles. The summed E-state index contributed by atoms with van der Waals surface area (Å²) in [6.07, 6.45) is 1.60. The number of carbonyl (C=O) groups excluding carboxylic acids is 1. The third kappa shape index (κ3) is 3.43. The van der Waals surface area contributed by atoms with E-state index in [4.69, 9.17) is 0 Å². The number of aliphatic carboxylic acids is 1. The van der Waals surface area contributed by atoms with Crippen LogP contribution in [0.25, 0.3) is 0 Å². The van der Waals surface area contributed by atoms with Gasteiger partial charge < -0.3 is 14.9 Å². The minimum absolute atomic E-state index is 0.00335. The van der Waals surface area contributed by atoms with Crippen LogP contribution in [-0.4, -0.2) is 53.5 Å². The van der Waals surface area contributed by atoms with E-state index in [1.165, 1.54) is 12.1 Å². The Labute approximate surface area is 141 Å². The molecule has 0 unspecified atom stereocenters. The van der Waals surface area contributed by atoms with Gasteiger partial charge in [0.05, 0.1) is 12.0 Å². The summed E-state index contributed by atoms with van der Waals surface area (Å²) in [6, 6.07) is 5.34. The number of hydrogen-bond acceptors (Lipinski definition) is 3. The van der Waals surface area contributed by atoms with E-state index >= 15 is 0 Å². The van der Waals surface area contributed by atoms with Crippen molar-refractivity contribution in [1.82, 2.24) is 9.80 Å². The van der Waals surface area contributed by atoms with E-state index in [-0.39, 0.29) is 18.1 Å². The number of carboxylic acids is 1. The first-order valence-electron chi connectivity index (χ1n) is 8.42. The molecule has 3 atom stereocenters. The van der Waals surface area contributed by atoms with E-state index in [1.54, 1.807) is 17.0 Å². The van der Waals surface area contributed by atoms with Gasteiger partial charge in [-0.3, -0.25) is 9.59 Å². The zero-order valence-electron chi connectivity index (χ0n) is 13.8. The normalized spacial score (nSPS) is 28.3. The number of carbonyl (C=O) groups is 2. The molecule has 1 amide bonds. The summed E-state index contributed by atoms with van der Waals surface area (Å²) in [5, 5.41) is 9.61. The van der Waals surface area contributed by atoms with Crippen LogP contribution in [-0.2, 0) is 9.59 Å². The Morgan fingerprint density at radius 3 is 2.58 bits per heavy atom. The quantitative estimate of drug-likeness (QED) is 0.916. The second-order valence-electron chi connectivity index (χ2n) is 6.94. The molecule has 0 aliphatic carbocycles. The number of hydrogen-bond donors (Lipinski definition) is 1. The molecular formula is C18H23FN2O3. The van der Waals surface area contributed by atoms with Gasteiger partial charge in [-0.25, -0.2) is 4.39 Å². The lowest BCUT2D eigenvalue weighted by Crippen LogP contribution is -2.47. The maximum atomic E-state index is 13.3. The van der Waals surface area contributed by atoms with Gasteiger partial charge >= 0.3 is 5.97 Å². The Hall–Kier alpha value is -1.95. The lowest BCUT2D eigenvalue weighted by atomic mass is 9.83. The first-order chi connectivity index (χ1) is 11.5. The number of amides is 1. The van der Waals surface area contributed by atoms with Crippen molar-refractivity contribution in [3.8, 4) is 0 Å². The van der Waals surface area contributed by atoms with Crippen LogP contribution >= 0.6 is 0 Å². The highest BCUT2D eigenvalue weighted by Gasteiger charge is 2.41. The molecule has 24 heavy (non-hydrogen) atoms. The average Bonchev–Trinajstić information content (AvgIpc) is 2.95. The fourth-order valence-electron chi connectivity index (χ4n) is 3.95.